The third kappa shape index (κ3) is 3.42. The van der Waals surface area contributed by atoms with Crippen LogP contribution in [0.3, 0.4) is 0 Å². The molecule has 0 radical (unpaired) electrons. The molecule has 0 aliphatic heterocycles. The van der Waals surface area contributed by atoms with Gasteiger partial charge in [-0.3, -0.25) is 0 Å². The SMILES string of the molecule is CC(C)CCCC(C)[C@H]1CCC2C3=CC[C@H]4C[C@@H](O)CC[C@]4(C)C3CC[C@@]21C. The first-order chi connectivity index (χ1) is 13.3. The number of aliphatic hydroxyl groups excluding tert-OH is 1. The molecule has 0 spiro atoms. The highest BCUT2D eigenvalue weighted by Crippen LogP contribution is 2.66. The fourth-order valence-electron chi connectivity index (χ4n) is 8.51. The highest BCUT2D eigenvalue weighted by atomic mass is 16.3. The standard InChI is InChI=1S/C27H46O/c1-18(2)7-6-8-19(3)23-11-12-24-22-10-9-20-17-21(28)13-15-26(20,4)25(22)14-16-27(23,24)5/h10,18-21,23-25,28H,6-9,11-17H2,1-5H3/t19?,20-,21-,23+,24?,25?,26-,27+/m0/s1. The summed E-state index contributed by atoms with van der Waals surface area (Å²) in [6.45, 7) is 12.6. The Hall–Kier alpha value is -0.300. The Morgan fingerprint density at radius 3 is 2.43 bits per heavy atom. The maximum atomic E-state index is 10.2. The van der Waals surface area contributed by atoms with Gasteiger partial charge in [-0.25, -0.2) is 0 Å². The second-order valence-corrected chi connectivity index (χ2v) is 12.2. The lowest BCUT2D eigenvalue weighted by Crippen LogP contribution is -2.49. The van der Waals surface area contributed by atoms with Crippen LogP contribution >= 0.6 is 0 Å². The summed E-state index contributed by atoms with van der Waals surface area (Å²) in [5.41, 5.74) is 2.89. The zero-order chi connectivity index (χ0) is 20.1. The van der Waals surface area contributed by atoms with Gasteiger partial charge in [-0.15, -0.1) is 0 Å². The van der Waals surface area contributed by atoms with Gasteiger partial charge < -0.3 is 5.11 Å². The fraction of sp³-hybridized carbons (Fsp3) is 0.926. The summed E-state index contributed by atoms with van der Waals surface area (Å²) in [5, 5.41) is 10.2. The molecule has 0 aromatic carbocycles. The van der Waals surface area contributed by atoms with Gasteiger partial charge in [-0.2, -0.15) is 0 Å². The molecule has 160 valence electrons. The maximum Gasteiger partial charge on any atom is 0.0543 e. The van der Waals surface area contributed by atoms with Crippen molar-refractivity contribution in [2.45, 2.75) is 111 Å². The van der Waals surface area contributed by atoms with E-state index in [2.05, 4.69) is 40.7 Å². The molecular formula is C27H46O. The van der Waals surface area contributed by atoms with E-state index < -0.39 is 0 Å². The zero-order valence-electron chi connectivity index (χ0n) is 19.3. The molecule has 0 bridgehead atoms. The van der Waals surface area contributed by atoms with E-state index in [4.69, 9.17) is 0 Å². The lowest BCUT2D eigenvalue weighted by atomic mass is 9.47. The smallest absolute Gasteiger partial charge is 0.0543 e. The molecule has 4 rings (SSSR count). The molecule has 0 saturated heterocycles. The Morgan fingerprint density at radius 2 is 1.68 bits per heavy atom. The van der Waals surface area contributed by atoms with Crippen LogP contribution in [0.2, 0.25) is 0 Å². The van der Waals surface area contributed by atoms with Gasteiger partial charge >= 0.3 is 0 Å². The van der Waals surface area contributed by atoms with Gasteiger partial charge in [0.15, 0.2) is 0 Å². The molecule has 3 saturated carbocycles. The number of rotatable bonds is 5. The lowest BCUT2D eigenvalue weighted by Gasteiger charge is -2.57. The number of hydrogen-bond acceptors (Lipinski definition) is 1. The summed E-state index contributed by atoms with van der Waals surface area (Å²) < 4.78 is 0. The van der Waals surface area contributed by atoms with Crippen molar-refractivity contribution in [2.75, 3.05) is 0 Å². The van der Waals surface area contributed by atoms with E-state index in [1.165, 1.54) is 57.8 Å². The summed E-state index contributed by atoms with van der Waals surface area (Å²) in [6, 6.07) is 0. The molecule has 8 atom stereocenters. The van der Waals surface area contributed by atoms with Crippen LogP contribution in [0.1, 0.15) is 105 Å². The van der Waals surface area contributed by atoms with Gasteiger partial charge in [-0.05, 0) is 97.7 Å². The summed E-state index contributed by atoms with van der Waals surface area (Å²) in [4.78, 5) is 0. The minimum atomic E-state index is -0.0376. The van der Waals surface area contributed by atoms with Crippen LogP contribution in [0.5, 0.6) is 0 Å². The quantitative estimate of drug-likeness (QED) is 0.488. The summed E-state index contributed by atoms with van der Waals surface area (Å²) >= 11 is 0. The minimum Gasteiger partial charge on any atom is -0.393 e. The summed E-state index contributed by atoms with van der Waals surface area (Å²) in [7, 11) is 0. The van der Waals surface area contributed by atoms with Gasteiger partial charge in [0.2, 0.25) is 0 Å². The van der Waals surface area contributed by atoms with Crippen LogP contribution in [0, 0.1) is 46.3 Å². The molecule has 3 unspecified atom stereocenters. The largest absolute Gasteiger partial charge is 0.393 e. The molecule has 1 nitrogen and oxygen atoms in total. The average Bonchev–Trinajstić information content (AvgIpc) is 2.99. The van der Waals surface area contributed by atoms with E-state index >= 15 is 0 Å². The molecule has 0 amide bonds. The lowest BCUT2D eigenvalue weighted by molar-refractivity contribution is -0.0427. The van der Waals surface area contributed by atoms with Gasteiger partial charge in [0.05, 0.1) is 6.10 Å². The van der Waals surface area contributed by atoms with Gasteiger partial charge in [-0.1, -0.05) is 65.5 Å². The number of aliphatic hydroxyl groups is 1. The number of fused-ring (bicyclic) bond motifs is 5. The molecule has 28 heavy (non-hydrogen) atoms. The van der Waals surface area contributed by atoms with E-state index in [9.17, 15) is 5.11 Å². The maximum absolute atomic E-state index is 10.2. The van der Waals surface area contributed by atoms with Gasteiger partial charge in [0.1, 0.15) is 0 Å². The van der Waals surface area contributed by atoms with Crippen molar-refractivity contribution >= 4 is 0 Å². The predicted molar refractivity (Wildman–Crippen MR) is 119 cm³/mol. The second-order valence-electron chi connectivity index (χ2n) is 12.2. The predicted octanol–water partition coefficient (Wildman–Crippen LogP) is 7.39. The Kier molecular flexibility index (Phi) is 5.80. The minimum absolute atomic E-state index is 0.0376. The molecule has 3 fully saturated rings. The van der Waals surface area contributed by atoms with Crippen LogP contribution < -0.4 is 0 Å². The Labute approximate surface area is 174 Å². The van der Waals surface area contributed by atoms with Gasteiger partial charge in [0.25, 0.3) is 0 Å². The van der Waals surface area contributed by atoms with Crippen molar-refractivity contribution in [1.29, 1.82) is 0 Å². The van der Waals surface area contributed by atoms with Crippen molar-refractivity contribution in [1.82, 2.24) is 0 Å². The van der Waals surface area contributed by atoms with Crippen LogP contribution in [-0.4, -0.2) is 11.2 Å². The van der Waals surface area contributed by atoms with Crippen LogP contribution in [0.4, 0.5) is 0 Å². The topological polar surface area (TPSA) is 20.2 Å². The zero-order valence-corrected chi connectivity index (χ0v) is 19.3. The summed E-state index contributed by atoms with van der Waals surface area (Å²) in [5.74, 6) is 5.07. The highest BCUT2D eigenvalue weighted by molar-refractivity contribution is 5.27. The number of allylic oxidation sites excluding steroid dienone is 2. The monoisotopic (exact) mass is 386 g/mol. The van der Waals surface area contributed by atoms with E-state index in [0.717, 1.165) is 48.3 Å². The molecule has 0 aromatic heterocycles. The first kappa shape index (κ1) is 21.0. The van der Waals surface area contributed by atoms with Crippen LogP contribution in [0.15, 0.2) is 11.6 Å². The first-order valence-corrected chi connectivity index (χ1v) is 12.6. The van der Waals surface area contributed by atoms with Gasteiger partial charge in [0, 0.05) is 0 Å². The van der Waals surface area contributed by atoms with E-state index in [1.807, 2.05) is 5.57 Å². The Balaban J connectivity index is 1.50. The Morgan fingerprint density at radius 1 is 0.964 bits per heavy atom. The van der Waals surface area contributed by atoms with Crippen molar-refractivity contribution < 1.29 is 5.11 Å². The second kappa shape index (κ2) is 7.75. The van der Waals surface area contributed by atoms with E-state index in [0.29, 0.717) is 10.8 Å². The van der Waals surface area contributed by atoms with Crippen molar-refractivity contribution in [3.8, 4) is 0 Å². The first-order valence-electron chi connectivity index (χ1n) is 12.6. The van der Waals surface area contributed by atoms with Crippen LogP contribution in [-0.2, 0) is 0 Å². The molecule has 4 aliphatic rings. The number of hydrogen-bond donors (Lipinski definition) is 1. The van der Waals surface area contributed by atoms with Crippen molar-refractivity contribution in [2.24, 2.45) is 46.3 Å². The molecular weight excluding hydrogens is 340 g/mol. The molecule has 1 heteroatoms. The molecule has 0 heterocycles. The summed E-state index contributed by atoms with van der Waals surface area (Å²) in [6.07, 6.45) is 17.2. The third-order valence-electron chi connectivity index (χ3n) is 10.3. The van der Waals surface area contributed by atoms with E-state index in [1.54, 1.807) is 0 Å². The molecule has 1 N–H and O–H groups in total. The van der Waals surface area contributed by atoms with Crippen LogP contribution in [0.25, 0.3) is 0 Å². The highest BCUT2D eigenvalue weighted by Gasteiger charge is 2.58. The Bertz CT molecular complexity index is 591. The van der Waals surface area contributed by atoms with Crippen molar-refractivity contribution in [3.05, 3.63) is 11.6 Å². The van der Waals surface area contributed by atoms with E-state index in [-0.39, 0.29) is 6.10 Å². The molecule has 4 aliphatic carbocycles. The fourth-order valence-corrected chi connectivity index (χ4v) is 8.51. The average molecular weight is 387 g/mol. The third-order valence-corrected chi connectivity index (χ3v) is 10.3. The normalized spacial score (nSPS) is 46.5. The van der Waals surface area contributed by atoms with Crippen molar-refractivity contribution in [3.63, 3.8) is 0 Å². The molecule has 0 aromatic rings.